The van der Waals surface area contributed by atoms with Gasteiger partial charge in [-0.3, -0.25) is 0 Å². The molecule has 0 radical (unpaired) electrons. The monoisotopic (exact) mass is 269 g/mol. The molecule has 0 spiro atoms. The van der Waals surface area contributed by atoms with Gasteiger partial charge in [0, 0.05) is 6.54 Å². The van der Waals surface area contributed by atoms with Crippen molar-refractivity contribution in [3.8, 4) is 5.75 Å². The van der Waals surface area contributed by atoms with Gasteiger partial charge in [-0.2, -0.15) is 0 Å². The number of rotatable bonds is 4. The third kappa shape index (κ3) is 3.05. The van der Waals surface area contributed by atoms with Gasteiger partial charge in [0.05, 0.1) is 7.11 Å². The molecule has 1 aliphatic carbocycles. The highest BCUT2D eigenvalue weighted by Crippen LogP contribution is 2.32. The van der Waals surface area contributed by atoms with E-state index in [1.807, 2.05) is 0 Å². The van der Waals surface area contributed by atoms with Crippen molar-refractivity contribution < 1.29 is 4.74 Å². The van der Waals surface area contributed by atoms with Crippen molar-refractivity contribution in [1.82, 2.24) is 9.97 Å². The fraction of sp³-hybridized carbons (Fsp3) is 0.692. The minimum Gasteiger partial charge on any atom is -0.490 e. The van der Waals surface area contributed by atoms with Crippen LogP contribution in [0.25, 0.3) is 0 Å². The highest BCUT2D eigenvalue weighted by atomic mass is 35.5. The first-order chi connectivity index (χ1) is 8.72. The first-order valence-corrected chi connectivity index (χ1v) is 6.88. The molecular formula is C13H20ClN3O. The van der Waals surface area contributed by atoms with Crippen molar-refractivity contribution in [1.29, 1.82) is 0 Å². The topological polar surface area (TPSA) is 47.0 Å². The molecule has 2 atom stereocenters. The van der Waals surface area contributed by atoms with E-state index in [1.165, 1.54) is 32.0 Å². The molecule has 2 unspecified atom stereocenters. The summed E-state index contributed by atoms with van der Waals surface area (Å²) in [6, 6.07) is 0. The normalized spacial score (nSPS) is 23.7. The second-order valence-corrected chi connectivity index (χ2v) is 5.31. The van der Waals surface area contributed by atoms with Crippen LogP contribution >= 0.6 is 11.6 Å². The molecule has 1 saturated carbocycles. The molecule has 0 aliphatic heterocycles. The number of hydrogen-bond acceptors (Lipinski definition) is 4. The van der Waals surface area contributed by atoms with Crippen LogP contribution in [0.15, 0.2) is 6.33 Å². The Bertz CT molecular complexity index is 400. The van der Waals surface area contributed by atoms with E-state index in [0.29, 0.717) is 22.6 Å². The van der Waals surface area contributed by atoms with Crippen LogP contribution in [-0.4, -0.2) is 23.6 Å². The van der Waals surface area contributed by atoms with E-state index < -0.39 is 0 Å². The van der Waals surface area contributed by atoms with E-state index in [9.17, 15) is 0 Å². The molecule has 0 amide bonds. The summed E-state index contributed by atoms with van der Waals surface area (Å²) in [7, 11) is 1.58. The smallest absolute Gasteiger partial charge is 0.198 e. The van der Waals surface area contributed by atoms with Gasteiger partial charge in [0.15, 0.2) is 16.7 Å². The van der Waals surface area contributed by atoms with E-state index in [1.54, 1.807) is 7.11 Å². The number of nitrogens with one attached hydrogen (secondary N) is 1. The highest BCUT2D eigenvalue weighted by Gasteiger charge is 2.21. The summed E-state index contributed by atoms with van der Waals surface area (Å²) in [4.78, 5) is 8.10. The Kier molecular flexibility index (Phi) is 4.64. The maximum Gasteiger partial charge on any atom is 0.198 e. The molecule has 5 heteroatoms. The molecule has 0 bridgehead atoms. The van der Waals surface area contributed by atoms with Crippen molar-refractivity contribution in [2.45, 2.75) is 32.6 Å². The van der Waals surface area contributed by atoms with E-state index in [4.69, 9.17) is 16.3 Å². The molecule has 0 saturated heterocycles. The van der Waals surface area contributed by atoms with Gasteiger partial charge in [-0.25, -0.2) is 9.97 Å². The number of halogens is 1. The number of nitrogens with zero attached hydrogens (tertiary/aromatic N) is 2. The lowest BCUT2D eigenvalue weighted by Gasteiger charge is -2.29. The Balaban J connectivity index is 1.99. The third-order valence-electron chi connectivity index (χ3n) is 3.79. The Morgan fingerprint density at radius 1 is 1.39 bits per heavy atom. The number of aromatic nitrogens is 2. The summed E-state index contributed by atoms with van der Waals surface area (Å²) in [6.07, 6.45) is 6.76. The first-order valence-electron chi connectivity index (χ1n) is 6.50. The molecule has 4 nitrogen and oxygen atoms in total. The van der Waals surface area contributed by atoms with Crippen molar-refractivity contribution in [3.05, 3.63) is 11.5 Å². The average molecular weight is 270 g/mol. The van der Waals surface area contributed by atoms with Gasteiger partial charge in [0.2, 0.25) is 0 Å². The predicted octanol–water partition coefficient (Wildman–Crippen LogP) is 3.38. The molecule has 1 N–H and O–H groups in total. The second-order valence-electron chi connectivity index (χ2n) is 4.95. The lowest BCUT2D eigenvalue weighted by Crippen LogP contribution is -2.24. The summed E-state index contributed by atoms with van der Waals surface area (Å²) < 4.78 is 5.22. The van der Waals surface area contributed by atoms with E-state index >= 15 is 0 Å². The molecular weight excluding hydrogens is 250 g/mol. The fourth-order valence-corrected chi connectivity index (χ4v) is 2.79. The molecule has 1 heterocycles. The Morgan fingerprint density at radius 2 is 2.17 bits per heavy atom. The molecule has 1 aromatic rings. The molecule has 0 aromatic carbocycles. The Labute approximate surface area is 113 Å². The molecule has 1 aliphatic rings. The highest BCUT2D eigenvalue weighted by molar-refractivity contribution is 6.31. The predicted molar refractivity (Wildman–Crippen MR) is 73.2 cm³/mol. The van der Waals surface area contributed by atoms with Gasteiger partial charge >= 0.3 is 0 Å². The maximum absolute atomic E-state index is 5.96. The number of methoxy groups -OCH3 is 1. The van der Waals surface area contributed by atoms with Crippen LogP contribution in [0.5, 0.6) is 5.75 Å². The minimum atomic E-state index is 0.353. The standard InChI is InChI=1S/C13H20ClN3O/c1-9-5-3-4-6-10(9)7-15-13-11(18-2)12(14)16-8-17-13/h8-10H,3-7H2,1-2H3,(H,15,16,17). The van der Waals surface area contributed by atoms with E-state index in [-0.39, 0.29) is 0 Å². The number of hydrogen-bond donors (Lipinski definition) is 1. The first kappa shape index (κ1) is 13.4. The van der Waals surface area contributed by atoms with E-state index in [0.717, 1.165) is 12.5 Å². The van der Waals surface area contributed by atoms with Crippen LogP contribution < -0.4 is 10.1 Å². The van der Waals surface area contributed by atoms with Gasteiger partial charge < -0.3 is 10.1 Å². The SMILES string of the molecule is COc1c(Cl)ncnc1NCC1CCCCC1C. The van der Waals surface area contributed by atoms with Gasteiger partial charge in [0.1, 0.15) is 6.33 Å². The van der Waals surface area contributed by atoms with Gasteiger partial charge in [0.25, 0.3) is 0 Å². The fourth-order valence-electron chi connectivity index (χ4n) is 2.58. The lowest BCUT2D eigenvalue weighted by atomic mass is 9.80. The van der Waals surface area contributed by atoms with Gasteiger partial charge in [-0.1, -0.05) is 37.8 Å². The van der Waals surface area contributed by atoms with Crippen LogP contribution in [-0.2, 0) is 0 Å². The zero-order valence-electron chi connectivity index (χ0n) is 10.9. The average Bonchev–Trinajstić information content (AvgIpc) is 2.38. The van der Waals surface area contributed by atoms with Crippen LogP contribution in [0.1, 0.15) is 32.6 Å². The summed E-state index contributed by atoms with van der Waals surface area (Å²) in [6.45, 7) is 3.25. The molecule has 2 rings (SSSR count). The van der Waals surface area contributed by atoms with Crippen LogP contribution in [0.3, 0.4) is 0 Å². The summed E-state index contributed by atoms with van der Waals surface area (Å²) in [5.41, 5.74) is 0. The lowest BCUT2D eigenvalue weighted by molar-refractivity contribution is 0.268. The van der Waals surface area contributed by atoms with Gasteiger partial charge in [-0.15, -0.1) is 0 Å². The van der Waals surface area contributed by atoms with Crippen LogP contribution in [0.4, 0.5) is 5.82 Å². The van der Waals surface area contributed by atoms with E-state index in [2.05, 4.69) is 22.2 Å². The van der Waals surface area contributed by atoms with Crippen molar-refractivity contribution in [3.63, 3.8) is 0 Å². The zero-order chi connectivity index (χ0) is 13.0. The third-order valence-corrected chi connectivity index (χ3v) is 4.05. The second kappa shape index (κ2) is 6.23. The molecule has 1 fully saturated rings. The Morgan fingerprint density at radius 3 is 2.89 bits per heavy atom. The van der Waals surface area contributed by atoms with Crippen molar-refractivity contribution >= 4 is 17.4 Å². The largest absolute Gasteiger partial charge is 0.490 e. The number of ether oxygens (including phenoxy) is 1. The summed E-state index contributed by atoms with van der Waals surface area (Å²) in [5, 5.41) is 3.70. The summed E-state index contributed by atoms with van der Waals surface area (Å²) >= 11 is 5.96. The summed E-state index contributed by atoms with van der Waals surface area (Å²) in [5.74, 6) is 2.70. The molecule has 18 heavy (non-hydrogen) atoms. The Hall–Kier alpha value is -1.03. The minimum absolute atomic E-state index is 0.353. The number of anilines is 1. The van der Waals surface area contributed by atoms with Crippen LogP contribution in [0, 0.1) is 11.8 Å². The molecule has 1 aromatic heterocycles. The molecule has 100 valence electrons. The maximum atomic E-state index is 5.96. The van der Waals surface area contributed by atoms with Crippen molar-refractivity contribution in [2.75, 3.05) is 19.0 Å². The van der Waals surface area contributed by atoms with Gasteiger partial charge in [-0.05, 0) is 18.3 Å². The zero-order valence-corrected chi connectivity index (χ0v) is 11.7. The van der Waals surface area contributed by atoms with Crippen molar-refractivity contribution in [2.24, 2.45) is 11.8 Å². The quantitative estimate of drug-likeness (QED) is 0.852. The van der Waals surface area contributed by atoms with Crippen LogP contribution in [0.2, 0.25) is 5.15 Å².